The van der Waals surface area contributed by atoms with Crippen molar-refractivity contribution in [2.24, 2.45) is 0 Å². The van der Waals surface area contributed by atoms with Gasteiger partial charge in [-0.05, 0) is 30.5 Å². The molecule has 0 saturated carbocycles. The summed E-state index contributed by atoms with van der Waals surface area (Å²) in [7, 11) is 0. The molecule has 0 aliphatic rings. The molecule has 0 spiro atoms. The second kappa shape index (κ2) is 4.62. The largest absolute Gasteiger partial charge is 0.261 e. The average Bonchev–Trinajstić information content (AvgIpc) is 2.34. The zero-order chi connectivity index (χ0) is 12.3. The van der Waals surface area contributed by atoms with E-state index in [0.717, 1.165) is 11.1 Å². The summed E-state index contributed by atoms with van der Waals surface area (Å²) in [6.07, 6.45) is 5.20. The lowest BCUT2D eigenvalue weighted by molar-refractivity contribution is 1.17. The highest BCUT2D eigenvalue weighted by Crippen LogP contribution is 2.21. The van der Waals surface area contributed by atoms with E-state index in [1.165, 1.54) is 11.1 Å². The number of hydrogen-bond acceptors (Lipinski definition) is 4. The van der Waals surface area contributed by atoms with Gasteiger partial charge < -0.3 is 0 Å². The van der Waals surface area contributed by atoms with Crippen LogP contribution in [0.5, 0.6) is 0 Å². The van der Waals surface area contributed by atoms with Gasteiger partial charge in [-0.3, -0.25) is 5.32 Å². The van der Waals surface area contributed by atoms with Crippen LogP contribution in [-0.4, -0.2) is 9.97 Å². The van der Waals surface area contributed by atoms with E-state index in [4.69, 9.17) is 5.26 Å². The molecule has 1 N–H and O–H groups in total. The summed E-state index contributed by atoms with van der Waals surface area (Å²) in [5.41, 5.74) is 4.52. The standard InChI is InChI=1S/C13H12N4/c1-9-3-4-11(5-10(9)2)12-6-15-13(16-7-12)17-8-14/h3-7H,1-2H3,(H,15,16,17). The first-order valence-electron chi connectivity index (χ1n) is 5.25. The van der Waals surface area contributed by atoms with Crippen molar-refractivity contribution in [1.82, 2.24) is 9.97 Å². The van der Waals surface area contributed by atoms with E-state index < -0.39 is 0 Å². The predicted molar refractivity (Wildman–Crippen MR) is 66.2 cm³/mol. The average molecular weight is 224 g/mol. The summed E-state index contributed by atoms with van der Waals surface area (Å²) in [6, 6.07) is 6.22. The Morgan fingerprint density at radius 1 is 1.06 bits per heavy atom. The van der Waals surface area contributed by atoms with Crippen molar-refractivity contribution in [2.75, 3.05) is 5.32 Å². The van der Waals surface area contributed by atoms with Crippen molar-refractivity contribution in [1.29, 1.82) is 5.26 Å². The minimum absolute atomic E-state index is 0.320. The van der Waals surface area contributed by atoms with E-state index in [2.05, 4.69) is 41.3 Å². The molecule has 0 radical (unpaired) electrons. The van der Waals surface area contributed by atoms with Gasteiger partial charge in [-0.25, -0.2) is 9.97 Å². The molecule has 0 aliphatic heterocycles. The van der Waals surface area contributed by atoms with E-state index in [9.17, 15) is 0 Å². The zero-order valence-electron chi connectivity index (χ0n) is 9.73. The quantitative estimate of drug-likeness (QED) is 0.629. The van der Waals surface area contributed by atoms with Crippen LogP contribution in [0.15, 0.2) is 30.6 Å². The number of aromatic nitrogens is 2. The van der Waals surface area contributed by atoms with Gasteiger partial charge in [0.1, 0.15) is 0 Å². The number of benzene rings is 1. The third-order valence-corrected chi connectivity index (χ3v) is 2.66. The lowest BCUT2D eigenvalue weighted by Gasteiger charge is -2.05. The number of nitriles is 1. The number of nitrogens with one attached hydrogen (secondary N) is 1. The van der Waals surface area contributed by atoms with Gasteiger partial charge >= 0.3 is 0 Å². The topological polar surface area (TPSA) is 61.6 Å². The van der Waals surface area contributed by atoms with Crippen LogP contribution in [0.4, 0.5) is 5.95 Å². The van der Waals surface area contributed by atoms with Gasteiger partial charge in [-0.2, -0.15) is 5.26 Å². The molecule has 2 aromatic rings. The van der Waals surface area contributed by atoms with Gasteiger partial charge in [0, 0.05) is 18.0 Å². The minimum Gasteiger partial charge on any atom is -0.261 e. The van der Waals surface area contributed by atoms with E-state index in [1.54, 1.807) is 18.6 Å². The van der Waals surface area contributed by atoms with Crippen molar-refractivity contribution < 1.29 is 0 Å². The first-order valence-corrected chi connectivity index (χ1v) is 5.25. The van der Waals surface area contributed by atoms with Crippen LogP contribution in [0.3, 0.4) is 0 Å². The van der Waals surface area contributed by atoms with Gasteiger partial charge in [0.05, 0.1) is 0 Å². The molecule has 0 amide bonds. The molecule has 84 valence electrons. The van der Waals surface area contributed by atoms with E-state index in [1.807, 2.05) is 6.07 Å². The molecule has 0 aliphatic carbocycles. The third-order valence-electron chi connectivity index (χ3n) is 2.66. The first kappa shape index (κ1) is 11.1. The second-order valence-corrected chi connectivity index (χ2v) is 3.83. The first-order chi connectivity index (χ1) is 8.20. The SMILES string of the molecule is Cc1ccc(-c2cnc(NC#N)nc2)cc1C. The minimum atomic E-state index is 0.320. The highest BCUT2D eigenvalue weighted by atomic mass is 15.1. The lowest BCUT2D eigenvalue weighted by atomic mass is 10.0. The Hall–Kier alpha value is -2.41. The van der Waals surface area contributed by atoms with Crippen LogP contribution in [0.2, 0.25) is 0 Å². The Morgan fingerprint density at radius 2 is 1.76 bits per heavy atom. The molecule has 0 unspecified atom stereocenters. The summed E-state index contributed by atoms with van der Waals surface area (Å²) in [4.78, 5) is 8.10. The number of aryl methyl sites for hydroxylation is 2. The Labute approximate surface area is 100.0 Å². The van der Waals surface area contributed by atoms with Gasteiger partial charge in [0.2, 0.25) is 5.95 Å². The number of hydrogen-bond donors (Lipinski definition) is 1. The molecule has 0 bridgehead atoms. The summed E-state index contributed by atoms with van der Waals surface area (Å²) in [5.74, 6) is 0.320. The van der Waals surface area contributed by atoms with Crippen molar-refractivity contribution in [3.8, 4) is 17.3 Å². The van der Waals surface area contributed by atoms with E-state index in [-0.39, 0.29) is 0 Å². The lowest BCUT2D eigenvalue weighted by Crippen LogP contribution is -1.95. The molecule has 17 heavy (non-hydrogen) atoms. The molecule has 0 atom stereocenters. The van der Waals surface area contributed by atoms with Crippen molar-refractivity contribution >= 4 is 5.95 Å². The van der Waals surface area contributed by atoms with Crippen LogP contribution < -0.4 is 5.32 Å². The third kappa shape index (κ3) is 2.40. The van der Waals surface area contributed by atoms with Crippen LogP contribution in [0.1, 0.15) is 11.1 Å². The molecule has 1 aromatic carbocycles. The van der Waals surface area contributed by atoms with E-state index >= 15 is 0 Å². The summed E-state index contributed by atoms with van der Waals surface area (Å²) < 4.78 is 0. The number of nitrogens with zero attached hydrogens (tertiary/aromatic N) is 3. The number of rotatable bonds is 2. The fourth-order valence-electron chi connectivity index (χ4n) is 1.51. The maximum absolute atomic E-state index is 8.43. The van der Waals surface area contributed by atoms with Crippen LogP contribution in [0, 0.1) is 25.3 Å². The Morgan fingerprint density at radius 3 is 2.35 bits per heavy atom. The highest BCUT2D eigenvalue weighted by Gasteiger charge is 2.01. The maximum Gasteiger partial charge on any atom is 0.236 e. The molecule has 2 rings (SSSR count). The molecule has 4 heteroatoms. The van der Waals surface area contributed by atoms with Crippen LogP contribution in [-0.2, 0) is 0 Å². The van der Waals surface area contributed by atoms with Crippen molar-refractivity contribution in [3.63, 3.8) is 0 Å². The van der Waals surface area contributed by atoms with E-state index in [0.29, 0.717) is 5.95 Å². The Balaban J connectivity index is 2.33. The van der Waals surface area contributed by atoms with Gasteiger partial charge in [0.25, 0.3) is 0 Å². The molecule has 0 saturated heterocycles. The smallest absolute Gasteiger partial charge is 0.236 e. The second-order valence-electron chi connectivity index (χ2n) is 3.83. The molecule has 4 nitrogen and oxygen atoms in total. The fraction of sp³-hybridized carbons (Fsp3) is 0.154. The molecule has 1 aromatic heterocycles. The van der Waals surface area contributed by atoms with Crippen LogP contribution >= 0.6 is 0 Å². The zero-order valence-corrected chi connectivity index (χ0v) is 9.73. The molecular weight excluding hydrogens is 212 g/mol. The molecule has 0 fully saturated rings. The number of anilines is 1. The van der Waals surface area contributed by atoms with Crippen molar-refractivity contribution in [2.45, 2.75) is 13.8 Å². The monoisotopic (exact) mass is 224 g/mol. The van der Waals surface area contributed by atoms with Gasteiger partial charge in [-0.1, -0.05) is 18.2 Å². The van der Waals surface area contributed by atoms with Crippen LogP contribution in [0.25, 0.3) is 11.1 Å². The fourth-order valence-corrected chi connectivity index (χ4v) is 1.51. The summed E-state index contributed by atoms with van der Waals surface area (Å²) in [6.45, 7) is 4.15. The van der Waals surface area contributed by atoms with Gasteiger partial charge in [0.15, 0.2) is 6.19 Å². The molecular formula is C13H12N4. The Bertz CT molecular complexity index is 567. The van der Waals surface area contributed by atoms with Crippen molar-refractivity contribution in [3.05, 3.63) is 41.7 Å². The summed E-state index contributed by atoms with van der Waals surface area (Å²) in [5, 5.41) is 10.8. The predicted octanol–water partition coefficient (Wildman–Crippen LogP) is 2.65. The molecule has 1 heterocycles. The highest BCUT2D eigenvalue weighted by molar-refractivity contribution is 5.63. The summed E-state index contributed by atoms with van der Waals surface area (Å²) >= 11 is 0. The Kier molecular flexibility index (Phi) is 3.01. The maximum atomic E-state index is 8.43. The van der Waals surface area contributed by atoms with Gasteiger partial charge in [-0.15, -0.1) is 0 Å². The normalized spacial score (nSPS) is 9.71.